The molecule has 0 bridgehead atoms. The van der Waals surface area contributed by atoms with Crippen LogP contribution in [-0.4, -0.2) is 40.6 Å². The molecule has 0 saturated carbocycles. The van der Waals surface area contributed by atoms with Crippen molar-refractivity contribution in [2.75, 3.05) is 6.54 Å². The first-order valence-corrected chi connectivity index (χ1v) is 9.52. The number of hydrogen-bond acceptors (Lipinski definition) is 6. The van der Waals surface area contributed by atoms with Gasteiger partial charge in [-0.3, -0.25) is 9.59 Å². The fourth-order valence-electron chi connectivity index (χ4n) is 3.75. The number of benzene rings is 1. The molecule has 1 amide bonds. The van der Waals surface area contributed by atoms with E-state index in [0.29, 0.717) is 22.6 Å². The first-order chi connectivity index (χ1) is 13.4. The summed E-state index contributed by atoms with van der Waals surface area (Å²) < 4.78 is 17.6. The zero-order valence-corrected chi connectivity index (χ0v) is 17.6. The van der Waals surface area contributed by atoms with Crippen molar-refractivity contribution in [1.29, 1.82) is 5.26 Å². The van der Waals surface area contributed by atoms with E-state index >= 15 is 0 Å². The van der Waals surface area contributed by atoms with Crippen molar-refractivity contribution in [2.45, 2.75) is 64.9 Å². The van der Waals surface area contributed by atoms with Crippen LogP contribution in [0.3, 0.4) is 0 Å². The van der Waals surface area contributed by atoms with Crippen molar-refractivity contribution < 1.29 is 23.8 Å². The maximum absolute atomic E-state index is 12.9. The quantitative estimate of drug-likeness (QED) is 0.726. The lowest BCUT2D eigenvalue weighted by atomic mass is 9.84. The number of esters is 1. The van der Waals surface area contributed by atoms with Crippen molar-refractivity contribution >= 4 is 11.9 Å². The molecule has 0 radical (unpaired) electrons. The van der Waals surface area contributed by atoms with Crippen molar-refractivity contribution in [3.8, 4) is 11.8 Å². The van der Waals surface area contributed by atoms with Crippen LogP contribution in [-0.2, 0) is 19.1 Å². The second-order valence-electron chi connectivity index (χ2n) is 8.84. The molecule has 2 atom stereocenters. The SMILES string of the molecule is CC(=O)OC1C(N2CC(OC(C)(C)C)=CC2=O)c2cc(C#N)ccc2OC1(C)C. The monoisotopic (exact) mass is 398 g/mol. The van der Waals surface area contributed by atoms with Crippen molar-refractivity contribution in [1.82, 2.24) is 4.90 Å². The van der Waals surface area contributed by atoms with Crippen LogP contribution in [0.5, 0.6) is 5.75 Å². The third-order valence-corrected chi connectivity index (χ3v) is 4.76. The molecule has 29 heavy (non-hydrogen) atoms. The summed E-state index contributed by atoms with van der Waals surface area (Å²) in [5.41, 5.74) is -0.262. The molecule has 0 aliphatic carbocycles. The number of fused-ring (bicyclic) bond motifs is 1. The molecule has 2 heterocycles. The Kier molecular flexibility index (Phi) is 5.08. The lowest BCUT2D eigenvalue weighted by molar-refractivity contribution is -0.171. The first kappa shape index (κ1) is 20.7. The Morgan fingerprint density at radius 1 is 1.34 bits per heavy atom. The van der Waals surface area contributed by atoms with Crippen LogP contribution in [0.15, 0.2) is 30.0 Å². The van der Waals surface area contributed by atoms with Crippen molar-refractivity contribution in [3.63, 3.8) is 0 Å². The van der Waals surface area contributed by atoms with Gasteiger partial charge >= 0.3 is 5.97 Å². The maximum Gasteiger partial charge on any atom is 0.303 e. The predicted molar refractivity (Wildman–Crippen MR) is 105 cm³/mol. The van der Waals surface area contributed by atoms with Gasteiger partial charge in [-0.05, 0) is 52.8 Å². The van der Waals surface area contributed by atoms with Gasteiger partial charge in [-0.25, -0.2) is 0 Å². The third kappa shape index (κ3) is 4.21. The second-order valence-corrected chi connectivity index (χ2v) is 8.84. The summed E-state index contributed by atoms with van der Waals surface area (Å²) in [5, 5.41) is 9.34. The average Bonchev–Trinajstić information content (AvgIpc) is 2.92. The van der Waals surface area contributed by atoms with E-state index < -0.39 is 29.3 Å². The topological polar surface area (TPSA) is 88.9 Å². The van der Waals surface area contributed by atoms with Gasteiger partial charge in [0.05, 0.1) is 18.2 Å². The minimum absolute atomic E-state index is 0.239. The van der Waals surface area contributed by atoms with E-state index in [1.165, 1.54) is 13.0 Å². The highest BCUT2D eigenvalue weighted by molar-refractivity contribution is 5.91. The van der Waals surface area contributed by atoms with Gasteiger partial charge in [-0.2, -0.15) is 5.26 Å². The fourth-order valence-corrected chi connectivity index (χ4v) is 3.75. The van der Waals surface area contributed by atoms with Crippen LogP contribution in [0.2, 0.25) is 0 Å². The van der Waals surface area contributed by atoms with Gasteiger partial charge in [0.2, 0.25) is 0 Å². The van der Waals surface area contributed by atoms with Gasteiger partial charge in [0.1, 0.15) is 28.8 Å². The van der Waals surface area contributed by atoms with Crippen molar-refractivity contribution in [2.24, 2.45) is 0 Å². The molecule has 0 N–H and O–H groups in total. The highest BCUT2D eigenvalue weighted by Gasteiger charge is 2.51. The zero-order chi connectivity index (χ0) is 21.6. The summed E-state index contributed by atoms with van der Waals surface area (Å²) in [4.78, 5) is 26.4. The number of hydrogen-bond donors (Lipinski definition) is 0. The molecular formula is C22H26N2O5. The summed E-state index contributed by atoms with van der Waals surface area (Å²) in [6, 6.07) is 6.56. The first-order valence-electron chi connectivity index (χ1n) is 9.52. The Bertz CT molecular complexity index is 920. The molecule has 154 valence electrons. The minimum atomic E-state index is -0.884. The Morgan fingerprint density at radius 2 is 2.03 bits per heavy atom. The Morgan fingerprint density at radius 3 is 2.62 bits per heavy atom. The third-order valence-electron chi connectivity index (χ3n) is 4.76. The molecule has 2 aliphatic rings. The van der Waals surface area contributed by atoms with E-state index in [1.54, 1.807) is 23.1 Å². The smallest absolute Gasteiger partial charge is 0.303 e. The summed E-state index contributed by atoms with van der Waals surface area (Å²) in [5.74, 6) is 0.395. The van der Waals surface area contributed by atoms with Gasteiger partial charge in [0, 0.05) is 18.6 Å². The minimum Gasteiger partial charge on any atom is -0.490 e. The molecular weight excluding hydrogens is 372 g/mol. The van der Waals surface area contributed by atoms with Gasteiger partial charge in [-0.15, -0.1) is 0 Å². The summed E-state index contributed by atoms with van der Waals surface area (Å²) in [6.45, 7) is 10.9. The number of carbonyl (C=O) groups is 2. The highest BCUT2D eigenvalue weighted by atomic mass is 16.6. The van der Waals surface area contributed by atoms with Gasteiger partial charge < -0.3 is 19.1 Å². The van der Waals surface area contributed by atoms with Gasteiger partial charge in [-0.1, -0.05) is 0 Å². The van der Waals surface area contributed by atoms with E-state index in [0.717, 1.165) is 0 Å². The average molecular weight is 398 g/mol. The van der Waals surface area contributed by atoms with Crippen LogP contribution in [0, 0.1) is 11.3 Å². The highest BCUT2D eigenvalue weighted by Crippen LogP contribution is 2.46. The summed E-state index contributed by atoms with van der Waals surface area (Å²) >= 11 is 0. The molecule has 0 saturated heterocycles. The molecule has 2 unspecified atom stereocenters. The lowest BCUT2D eigenvalue weighted by Crippen LogP contribution is -2.55. The van der Waals surface area contributed by atoms with E-state index in [-0.39, 0.29) is 12.5 Å². The molecule has 0 spiro atoms. The number of amides is 1. The number of rotatable bonds is 3. The van der Waals surface area contributed by atoms with Crippen LogP contribution in [0.4, 0.5) is 0 Å². The maximum atomic E-state index is 12.9. The molecule has 0 aromatic heterocycles. The lowest BCUT2D eigenvalue weighted by Gasteiger charge is -2.46. The fraction of sp³-hybridized carbons (Fsp3) is 0.500. The van der Waals surface area contributed by atoms with E-state index in [9.17, 15) is 14.9 Å². The molecule has 0 fully saturated rings. The van der Waals surface area contributed by atoms with Crippen LogP contribution >= 0.6 is 0 Å². The standard InChI is InChI=1S/C22H26N2O5/c1-13(25)27-20-19(24-12-15(10-18(24)26)28-21(2,3)4)16-9-14(11-23)7-8-17(16)29-22(20,5)6/h7-10,19-20H,12H2,1-6H3. The van der Waals surface area contributed by atoms with Gasteiger partial charge in [0.25, 0.3) is 5.91 Å². The zero-order valence-electron chi connectivity index (χ0n) is 17.6. The van der Waals surface area contributed by atoms with Crippen LogP contribution < -0.4 is 4.74 Å². The Balaban J connectivity index is 2.07. The second kappa shape index (κ2) is 7.11. The normalized spacial score (nSPS) is 22.9. The molecule has 3 rings (SSSR count). The summed E-state index contributed by atoms with van der Waals surface area (Å²) in [7, 11) is 0. The molecule has 2 aliphatic heterocycles. The number of nitrogens with zero attached hydrogens (tertiary/aromatic N) is 2. The van der Waals surface area contributed by atoms with Crippen molar-refractivity contribution in [3.05, 3.63) is 41.2 Å². The van der Waals surface area contributed by atoms with Gasteiger partial charge in [0.15, 0.2) is 6.10 Å². The van der Waals surface area contributed by atoms with Crippen LogP contribution in [0.25, 0.3) is 0 Å². The summed E-state index contributed by atoms with van der Waals surface area (Å²) in [6.07, 6.45) is 0.708. The van der Waals surface area contributed by atoms with E-state index in [1.807, 2.05) is 34.6 Å². The van der Waals surface area contributed by atoms with Crippen LogP contribution in [0.1, 0.15) is 58.7 Å². The number of ether oxygens (including phenoxy) is 3. The number of carbonyl (C=O) groups excluding carboxylic acids is 2. The van der Waals surface area contributed by atoms with E-state index in [2.05, 4.69) is 6.07 Å². The Labute approximate surface area is 170 Å². The largest absolute Gasteiger partial charge is 0.490 e. The van der Waals surface area contributed by atoms with E-state index in [4.69, 9.17) is 14.2 Å². The predicted octanol–water partition coefficient (Wildman–Crippen LogP) is 3.24. The Hall–Kier alpha value is -3.01. The molecule has 1 aromatic rings. The molecule has 1 aromatic carbocycles. The molecule has 7 heteroatoms. The molecule has 7 nitrogen and oxygen atoms in total. The number of nitriles is 1.